The Morgan fingerprint density at radius 1 is 1.12 bits per heavy atom. The van der Waals surface area contributed by atoms with Crippen LogP contribution < -0.4 is 5.32 Å². The van der Waals surface area contributed by atoms with Crippen LogP contribution in [0.1, 0.15) is 39.2 Å². The summed E-state index contributed by atoms with van der Waals surface area (Å²) in [5.74, 6) is 1.61. The number of fused-ring (bicyclic) bond motifs is 1. The van der Waals surface area contributed by atoms with E-state index in [2.05, 4.69) is 30.1 Å². The summed E-state index contributed by atoms with van der Waals surface area (Å²) in [5.41, 5.74) is 3.86. The maximum absolute atomic E-state index is 12.6. The third-order valence-corrected chi connectivity index (χ3v) is 8.05. The van der Waals surface area contributed by atoms with Crippen LogP contribution in [-0.2, 0) is 4.79 Å². The van der Waals surface area contributed by atoms with Crippen molar-refractivity contribution in [3.8, 4) is 0 Å². The Hall–Kier alpha value is -2.34. The lowest BCUT2D eigenvalue weighted by molar-refractivity contribution is -0.129. The van der Waals surface area contributed by atoms with E-state index in [1.807, 2.05) is 41.0 Å². The number of amides is 3. The van der Waals surface area contributed by atoms with E-state index in [0.29, 0.717) is 24.4 Å². The van der Waals surface area contributed by atoms with Crippen molar-refractivity contribution in [3.63, 3.8) is 0 Å². The van der Waals surface area contributed by atoms with Crippen molar-refractivity contribution in [2.75, 3.05) is 51.1 Å². The van der Waals surface area contributed by atoms with Crippen molar-refractivity contribution >= 4 is 17.6 Å². The van der Waals surface area contributed by atoms with Gasteiger partial charge in [0.15, 0.2) is 0 Å². The second-order valence-electron chi connectivity index (χ2n) is 10.4. The zero-order chi connectivity index (χ0) is 22.9. The summed E-state index contributed by atoms with van der Waals surface area (Å²) in [6.45, 7) is 14.0. The summed E-state index contributed by atoms with van der Waals surface area (Å²) in [7, 11) is 0. The molecule has 2 unspecified atom stereocenters. The molecule has 6 heteroatoms. The number of nitrogens with zero attached hydrogens (tertiary/aromatic N) is 3. The van der Waals surface area contributed by atoms with Gasteiger partial charge in [-0.1, -0.05) is 43.2 Å². The van der Waals surface area contributed by atoms with Gasteiger partial charge in [0.05, 0.1) is 0 Å². The quantitative estimate of drug-likeness (QED) is 0.684. The van der Waals surface area contributed by atoms with Gasteiger partial charge < -0.3 is 15.1 Å². The van der Waals surface area contributed by atoms with Gasteiger partial charge in [-0.15, -0.1) is 0 Å². The first-order chi connectivity index (χ1) is 15.2. The molecule has 0 aromatic heterocycles. The van der Waals surface area contributed by atoms with E-state index in [9.17, 15) is 9.59 Å². The highest BCUT2D eigenvalue weighted by molar-refractivity contribution is 5.89. The van der Waals surface area contributed by atoms with Gasteiger partial charge in [-0.05, 0) is 49.1 Å². The van der Waals surface area contributed by atoms with Crippen molar-refractivity contribution in [2.24, 2.45) is 17.3 Å². The van der Waals surface area contributed by atoms with E-state index < -0.39 is 0 Å². The second-order valence-corrected chi connectivity index (χ2v) is 10.4. The Kier molecular flexibility index (Phi) is 6.61. The van der Waals surface area contributed by atoms with Crippen LogP contribution in [0.5, 0.6) is 0 Å². The molecule has 3 aliphatic carbocycles. The largest absolute Gasteiger partial charge is 0.338 e. The van der Waals surface area contributed by atoms with Crippen LogP contribution in [0.15, 0.2) is 35.9 Å². The lowest BCUT2D eigenvalue weighted by atomic mass is 9.49. The molecule has 2 fully saturated rings. The van der Waals surface area contributed by atoms with Crippen LogP contribution in [0, 0.1) is 24.2 Å². The molecule has 32 heavy (non-hydrogen) atoms. The molecule has 2 atom stereocenters. The molecule has 0 spiro atoms. The highest BCUT2D eigenvalue weighted by Crippen LogP contribution is 2.59. The molecule has 0 radical (unpaired) electrons. The Balaban J connectivity index is 1.23. The first-order valence-corrected chi connectivity index (χ1v) is 12.0. The van der Waals surface area contributed by atoms with Gasteiger partial charge in [0.25, 0.3) is 0 Å². The van der Waals surface area contributed by atoms with Crippen LogP contribution in [0.4, 0.5) is 10.5 Å². The van der Waals surface area contributed by atoms with E-state index in [4.69, 9.17) is 0 Å². The van der Waals surface area contributed by atoms with E-state index in [1.54, 1.807) is 6.92 Å². The molecule has 1 heterocycles. The van der Waals surface area contributed by atoms with Gasteiger partial charge in [0.1, 0.15) is 0 Å². The van der Waals surface area contributed by atoms with Gasteiger partial charge in [-0.3, -0.25) is 9.69 Å². The summed E-state index contributed by atoms with van der Waals surface area (Å²) < 4.78 is 0. The fraction of sp³-hybridized carbons (Fsp3) is 0.615. The van der Waals surface area contributed by atoms with Crippen molar-refractivity contribution in [1.29, 1.82) is 0 Å². The number of nitrogens with one attached hydrogen (secondary N) is 1. The van der Waals surface area contributed by atoms with Crippen LogP contribution in [0.3, 0.4) is 0 Å². The first-order valence-electron chi connectivity index (χ1n) is 12.0. The SMILES string of the molecule is CC(=O)N(CCN1CCN(C(=O)Nc2ccc(C)cc2)CC1)CC1=CCC2CC1C2(C)C. The van der Waals surface area contributed by atoms with Gasteiger partial charge >= 0.3 is 6.03 Å². The lowest BCUT2D eigenvalue weighted by Gasteiger charge is -2.57. The Bertz CT molecular complexity index is 868. The van der Waals surface area contributed by atoms with E-state index in [0.717, 1.165) is 50.7 Å². The molecule has 1 aromatic rings. The molecule has 6 nitrogen and oxygen atoms in total. The average Bonchev–Trinajstić information content (AvgIpc) is 2.78. The van der Waals surface area contributed by atoms with Crippen LogP contribution in [0.2, 0.25) is 0 Å². The number of carbonyl (C=O) groups excluding carboxylic acids is 2. The Labute approximate surface area is 192 Å². The maximum atomic E-state index is 12.6. The number of hydrogen-bond donors (Lipinski definition) is 1. The number of aryl methyl sites for hydroxylation is 1. The number of carbonyl (C=O) groups is 2. The minimum absolute atomic E-state index is 0.0375. The zero-order valence-electron chi connectivity index (χ0n) is 20.1. The van der Waals surface area contributed by atoms with E-state index in [-0.39, 0.29) is 11.9 Å². The zero-order valence-corrected chi connectivity index (χ0v) is 20.1. The summed E-state index contributed by atoms with van der Waals surface area (Å²) in [5, 5.41) is 2.99. The smallest absolute Gasteiger partial charge is 0.321 e. The fourth-order valence-electron chi connectivity index (χ4n) is 5.50. The standard InChI is InChI=1S/C26H38N4O2/c1-19-5-9-23(10-6-19)27-25(32)29-14-11-28(12-15-29)13-16-30(20(2)31)18-21-7-8-22-17-24(21)26(22,3)4/h5-7,9-10,22,24H,8,11-18H2,1-4H3,(H,27,32). The lowest BCUT2D eigenvalue weighted by Crippen LogP contribution is -2.52. The number of rotatable bonds is 6. The second kappa shape index (κ2) is 9.26. The van der Waals surface area contributed by atoms with Crippen LogP contribution >= 0.6 is 0 Å². The number of urea groups is 1. The molecule has 3 amide bonds. The number of allylic oxidation sites excluding steroid dienone is 1. The minimum atomic E-state index is -0.0375. The Morgan fingerprint density at radius 3 is 2.41 bits per heavy atom. The average molecular weight is 439 g/mol. The highest BCUT2D eigenvalue weighted by Gasteiger charge is 2.51. The first kappa shape index (κ1) is 22.8. The molecular weight excluding hydrogens is 400 g/mol. The molecule has 1 aliphatic heterocycles. The van der Waals surface area contributed by atoms with Gasteiger partial charge in [-0.2, -0.15) is 0 Å². The van der Waals surface area contributed by atoms with Gasteiger partial charge in [0, 0.05) is 58.4 Å². The van der Waals surface area contributed by atoms with E-state index in [1.165, 1.54) is 17.6 Å². The third-order valence-electron chi connectivity index (χ3n) is 8.05. The van der Waals surface area contributed by atoms with Crippen molar-refractivity contribution in [1.82, 2.24) is 14.7 Å². The predicted octanol–water partition coefficient (Wildman–Crippen LogP) is 3.99. The highest BCUT2D eigenvalue weighted by atomic mass is 16.2. The monoisotopic (exact) mass is 438 g/mol. The van der Waals surface area contributed by atoms with E-state index >= 15 is 0 Å². The maximum Gasteiger partial charge on any atom is 0.321 e. The molecular formula is C26H38N4O2. The molecule has 174 valence electrons. The number of benzene rings is 1. The third kappa shape index (κ3) is 4.85. The van der Waals surface area contributed by atoms with Gasteiger partial charge in [-0.25, -0.2) is 4.79 Å². The molecule has 1 aromatic carbocycles. The van der Waals surface area contributed by atoms with Crippen molar-refractivity contribution < 1.29 is 9.59 Å². The predicted molar refractivity (Wildman–Crippen MR) is 129 cm³/mol. The van der Waals surface area contributed by atoms with Gasteiger partial charge in [0.2, 0.25) is 5.91 Å². The molecule has 1 saturated heterocycles. The topological polar surface area (TPSA) is 55.9 Å². The Morgan fingerprint density at radius 2 is 1.81 bits per heavy atom. The summed E-state index contributed by atoms with van der Waals surface area (Å²) in [6.07, 6.45) is 4.85. The summed E-state index contributed by atoms with van der Waals surface area (Å²) in [6, 6.07) is 7.84. The molecule has 2 bridgehead atoms. The normalized spacial score (nSPS) is 24.4. The van der Waals surface area contributed by atoms with Crippen LogP contribution in [0.25, 0.3) is 0 Å². The molecule has 1 saturated carbocycles. The number of hydrogen-bond acceptors (Lipinski definition) is 3. The minimum Gasteiger partial charge on any atom is -0.338 e. The van der Waals surface area contributed by atoms with Crippen LogP contribution in [-0.4, -0.2) is 72.5 Å². The van der Waals surface area contributed by atoms with Crippen molar-refractivity contribution in [2.45, 2.75) is 40.5 Å². The summed E-state index contributed by atoms with van der Waals surface area (Å²) in [4.78, 5) is 31.1. The van der Waals surface area contributed by atoms with Crippen molar-refractivity contribution in [3.05, 3.63) is 41.5 Å². The number of piperazine rings is 1. The molecule has 1 N–H and O–H groups in total. The molecule has 4 aliphatic rings. The summed E-state index contributed by atoms with van der Waals surface area (Å²) >= 11 is 0. The molecule has 5 rings (SSSR count). The number of anilines is 1. The fourth-order valence-corrected chi connectivity index (χ4v) is 5.50.